The van der Waals surface area contributed by atoms with Gasteiger partial charge in [-0.2, -0.15) is 13.2 Å². The molecule has 1 heterocycles. The van der Waals surface area contributed by atoms with Gasteiger partial charge >= 0.3 is 6.18 Å². The number of nitrogens with one attached hydrogen (secondary N) is 1. The normalized spacial score (nSPS) is 23.4. The number of carbonyl (C=O) groups is 1. The lowest BCUT2D eigenvalue weighted by atomic mass is 10.0. The van der Waals surface area contributed by atoms with Crippen LogP contribution < -0.4 is 5.32 Å². The van der Waals surface area contributed by atoms with Crippen LogP contribution in [-0.2, 0) is 11.0 Å². The van der Waals surface area contributed by atoms with E-state index in [1.165, 1.54) is 24.1 Å². The average Bonchev–Trinajstić information content (AvgIpc) is 2.67. The third-order valence-corrected chi connectivity index (χ3v) is 3.53. The molecule has 1 aliphatic rings. The van der Waals surface area contributed by atoms with Gasteiger partial charge in [-0.15, -0.1) is 0 Å². The molecule has 0 radical (unpaired) electrons. The zero-order valence-electron chi connectivity index (χ0n) is 11.4. The van der Waals surface area contributed by atoms with Crippen LogP contribution in [0.4, 0.5) is 13.2 Å². The van der Waals surface area contributed by atoms with Crippen molar-refractivity contribution in [1.29, 1.82) is 0 Å². The Morgan fingerprint density at radius 3 is 2.55 bits per heavy atom. The van der Waals surface area contributed by atoms with E-state index in [0.717, 1.165) is 12.5 Å². The van der Waals surface area contributed by atoms with Gasteiger partial charge in [0.2, 0.25) is 5.91 Å². The summed E-state index contributed by atoms with van der Waals surface area (Å²) in [5, 5.41) is 3.00. The summed E-state index contributed by atoms with van der Waals surface area (Å²) in [6, 6.07) is 4.96. The first-order valence-electron chi connectivity index (χ1n) is 6.55. The lowest BCUT2D eigenvalue weighted by molar-refractivity contribution is -0.139. The third kappa shape index (κ3) is 2.65. The van der Waals surface area contributed by atoms with Crippen LogP contribution in [0.5, 0.6) is 0 Å². The first-order chi connectivity index (χ1) is 9.36. The number of amides is 1. The molecule has 0 saturated carbocycles. The zero-order valence-corrected chi connectivity index (χ0v) is 11.4. The lowest BCUT2D eigenvalue weighted by Gasteiger charge is -2.23. The third-order valence-electron chi connectivity index (χ3n) is 3.53. The Hall–Kier alpha value is -1.56. The van der Waals surface area contributed by atoms with Crippen molar-refractivity contribution in [3.05, 3.63) is 35.4 Å². The number of alkyl halides is 3. The van der Waals surface area contributed by atoms with Crippen LogP contribution in [0, 0.1) is 0 Å². The monoisotopic (exact) mass is 286 g/mol. The SMILES string of the molecule is CCCC1NC(c2ccccc2C(F)(F)F)N(C)C1=O. The first kappa shape index (κ1) is 14.8. The summed E-state index contributed by atoms with van der Waals surface area (Å²) >= 11 is 0. The largest absolute Gasteiger partial charge is 0.416 e. The Kier molecular flexibility index (Phi) is 4.04. The summed E-state index contributed by atoms with van der Waals surface area (Å²) in [6.45, 7) is 1.94. The van der Waals surface area contributed by atoms with Gasteiger partial charge in [0.15, 0.2) is 0 Å². The highest BCUT2D eigenvalue weighted by atomic mass is 19.4. The molecule has 2 rings (SSSR count). The maximum Gasteiger partial charge on any atom is 0.416 e. The molecule has 2 unspecified atom stereocenters. The topological polar surface area (TPSA) is 32.3 Å². The minimum atomic E-state index is -4.43. The van der Waals surface area contributed by atoms with Crippen LogP contribution in [0.25, 0.3) is 0 Å². The van der Waals surface area contributed by atoms with Crippen molar-refractivity contribution in [3.63, 3.8) is 0 Å². The molecule has 0 bridgehead atoms. The van der Waals surface area contributed by atoms with Gasteiger partial charge < -0.3 is 4.90 Å². The molecule has 6 heteroatoms. The van der Waals surface area contributed by atoms with E-state index < -0.39 is 23.9 Å². The molecule has 20 heavy (non-hydrogen) atoms. The second kappa shape index (κ2) is 5.44. The standard InChI is InChI=1S/C14H17F3N2O/c1-3-6-11-13(20)19(2)12(18-11)9-7-4-5-8-10(9)14(15,16)17/h4-5,7-8,11-12,18H,3,6H2,1-2H3. The Labute approximate surface area is 115 Å². The number of rotatable bonds is 3. The highest BCUT2D eigenvalue weighted by molar-refractivity contribution is 5.84. The van der Waals surface area contributed by atoms with Crippen LogP contribution in [0.1, 0.15) is 37.1 Å². The van der Waals surface area contributed by atoms with E-state index in [0.29, 0.717) is 6.42 Å². The molecule has 0 aliphatic carbocycles. The molecule has 110 valence electrons. The molecular weight excluding hydrogens is 269 g/mol. The van der Waals surface area contributed by atoms with Gasteiger partial charge in [-0.3, -0.25) is 10.1 Å². The smallest absolute Gasteiger partial charge is 0.325 e. The maximum absolute atomic E-state index is 13.0. The molecule has 1 fully saturated rings. The van der Waals surface area contributed by atoms with Crippen LogP contribution in [0.3, 0.4) is 0 Å². The van der Waals surface area contributed by atoms with Crippen molar-refractivity contribution in [1.82, 2.24) is 10.2 Å². The molecule has 1 N–H and O–H groups in total. The first-order valence-corrected chi connectivity index (χ1v) is 6.55. The summed E-state index contributed by atoms with van der Waals surface area (Å²) in [5.41, 5.74) is -0.608. The van der Waals surface area contributed by atoms with Crippen LogP contribution in [0.2, 0.25) is 0 Å². The number of likely N-dealkylation sites (N-methyl/N-ethyl adjacent to an activating group) is 1. The second-order valence-corrected chi connectivity index (χ2v) is 4.94. The van der Waals surface area contributed by atoms with E-state index in [9.17, 15) is 18.0 Å². The minimum absolute atomic E-state index is 0.0921. The molecule has 1 amide bonds. The molecule has 3 nitrogen and oxygen atoms in total. The quantitative estimate of drug-likeness (QED) is 0.926. The molecule has 1 aromatic rings. The van der Waals surface area contributed by atoms with Crippen molar-refractivity contribution in [3.8, 4) is 0 Å². The number of hydrogen-bond acceptors (Lipinski definition) is 2. The molecular formula is C14H17F3N2O. The van der Waals surface area contributed by atoms with E-state index in [1.54, 1.807) is 6.07 Å². The number of hydrogen-bond donors (Lipinski definition) is 1. The molecule has 1 aromatic carbocycles. The highest BCUT2D eigenvalue weighted by Crippen LogP contribution is 2.37. The fourth-order valence-corrected chi connectivity index (χ4v) is 2.53. The van der Waals surface area contributed by atoms with Crippen LogP contribution >= 0.6 is 0 Å². The second-order valence-electron chi connectivity index (χ2n) is 4.94. The Balaban J connectivity index is 2.36. The predicted molar refractivity (Wildman–Crippen MR) is 68.8 cm³/mol. The number of halogens is 3. The molecule has 1 saturated heterocycles. The van der Waals surface area contributed by atoms with Crippen LogP contribution in [0.15, 0.2) is 24.3 Å². The summed E-state index contributed by atoms with van der Waals surface area (Å²) in [7, 11) is 1.53. The average molecular weight is 286 g/mol. The summed E-state index contributed by atoms with van der Waals surface area (Å²) < 4.78 is 39.1. The number of benzene rings is 1. The van der Waals surface area contributed by atoms with Gasteiger partial charge in [0.25, 0.3) is 0 Å². The minimum Gasteiger partial charge on any atom is -0.325 e. The predicted octanol–water partition coefficient (Wildman–Crippen LogP) is 2.93. The zero-order chi connectivity index (χ0) is 14.9. The summed E-state index contributed by atoms with van der Waals surface area (Å²) in [6.07, 6.45) is -3.74. The van der Waals surface area contributed by atoms with Crippen molar-refractivity contribution in [2.45, 2.75) is 38.1 Å². The highest BCUT2D eigenvalue weighted by Gasteiger charge is 2.41. The number of nitrogens with zero attached hydrogens (tertiary/aromatic N) is 1. The van der Waals surface area contributed by atoms with Crippen molar-refractivity contribution < 1.29 is 18.0 Å². The molecule has 0 spiro atoms. The fraction of sp³-hybridized carbons (Fsp3) is 0.500. The van der Waals surface area contributed by atoms with E-state index in [-0.39, 0.29) is 11.5 Å². The summed E-state index contributed by atoms with van der Waals surface area (Å²) in [5.74, 6) is -0.158. The van der Waals surface area contributed by atoms with Gasteiger partial charge in [0.05, 0.1) is 11.6 Å². The fourth-order valence-electron chi connectivity index (χ4n) is 2.53. The van der Waals surface area contributed by atoms with Gasteiger partial charge in [0, 0.05) is 12.6 Å². The Morgan fingerprint density at radius 1 is 1.30 bits per heavy atom. The van der Waals surface area contributed by atoms with Gasteiger partial charge in [-0.25, -0.2) is 0 Å². The van der Waals surface area contributed by atoms with Gasteiger partial charge in [0.1, 0.15) is 6.17 Å². The van der Waals surface area contributed by atoms with Crippen LogP contribution in [-0.4, -0.2) is 23.9 Å². The van der Waals surface area contributed by atoms with E-state index in [1.807, 2.05) is 6.92 Å². The molecule has 0 aromatic heterocycles. The summed E-state index contributed by atoms with van der Waals surface area (Å²) in [4.78, 5) is 13.4. The van der Waals surface area contributed by atoms with Gasteiger partial charge in [-0.05, 0) is 12.5 Å². The van der Waals surface area contributed by atoms with Crippen molar-refractivity contribution >= 4 is 5.91 Å². The Morgan fingerprint density at radius 2 is 1.95 bits per heavy atom. The van der Waals surface area contributed by atoms with Crippen molar-refractivity contribution in [2.75, 3.05) is 7.05 Å². The van der Waals surface area contributed by atoms with E-state index in [4.69, 9.17) is 0 Å². The number of carbonyl (C=O) groups excluding carboxylic acids is 1. The maximum atomic E-state index is 13.0. The van der Waals surface area contributed by atoms with Crippen molar-refractivity contribution in [2.24, 2.45) is 0 Å². The molecule has 1 aliphatic heterocycles. The lowest BCUT2D eigenvalue weighted by Crippen LogP contribution is -2.28. The van der Waals surface area contributed by atoms with E-state index >= 15 is 0 Å². The van der Waals surface area contributed by atoms with Gasteiger partial charge in [-0.1, -0.05) is 31.5 Å². The Bertz CT molecular complexity index is 501. The van der Waals surface area contributed by atoms with E-state index in [2.05, 4.69) is 5.32 Å². The molecule has 2 atom stereocenters.